The molecule has 5 nitrogen and oxygen atoms in total. The fraction of sp³-hybridized carbons (Fsp3) is 0.0811. The quantitative estimate of drug-likeness (QED) is 0.119. The zero-order chi connectivity index (χ0) is 79.8. The average molecular weight is 1560 g/mol. The van der Waals surface area contributed by atoms with Gasteiger partial charge in [0, 0.05) is 87.1 Å². The number of benzene rings is 17. The minimum atomic E-state index is -0.749. The Morgan fingerprint density at radius 1 is 0.261 bits per heavy atom. The molecule has 0 aromatic heterocycles. The molecule has 5 heterocycles. The van der Waals surface area contributed by atoms with Crippen LogP contribution in [-0.4, -0.2) is 6.71 Å². The van der Waals surface area contributed by atoms with E-state index in [0.29, 0.717) is 0 Å². The smallest absolute Gasteiger partial charge is 0.252 e. The van der Waals surface area contributed by atoms with Crippen molar-refractivity contribution in [3.8, 4) is 67.1 Å². The molecule has 0 amide bonds. The number of anilines is 12. The third kappa shape index (κ3) is 11.8. The second-order valence-electron chi connectivity index (χ2n) is 33.9. The second-order valence-corrected chi connectivity index (χ2v) is 36.0. The van der Waals surface area contributed by atoms with Gasteiger partial charge in [0.25, 0.3) is 6.71 Å². The molecule has 5 aliphatic rings. The number of nitrogens with zero attached hydrogens (tertiary/aromatic N) is 4. The summed E-state index contributed by atoms with van der Waals surface area (Å²) in [6, 6.07) is 149. The summed E-state index contributed by atoms with van der Waals surface area (Å²) in [4.78, 5) is 15.3. The van der Waals surface area contributed by atoms with Crippen LogP contribution in [0.25, 0.3) is 55.6 Å². The van der Waals surface area contributed by atoms with Crippen LogP contribution in [0.5, 0.6) is 11.5 Å². The molecule has 22 rings (SSSR count). The first-order valence-corrected chi connectivity index (χ1v) is 42.9. The largest absolute Gasteiger partial charge is 0.457 e. The third-order valence-electron chi connectivity index (χ3n) is 24.8. The Hall–Kier alpha value is -13.5. The van der Waals surface area contributed by atoms with Gasteiger partial charge in [0.2, 0.25) is 0 Å². The molecule has 0 saturated carbocycles. The molecule has 17 aromatic carbocycles. The first-order valence-electron chi connectivity index (χ1n) is 41.3. The molecule has 0 atom stereocenters. The van der Waals surface area contributed by atoms with E-state index in [0.717, 1.165) is 158 Å². The molecule has 0 fully saturated rings. The van der Waals surface area contributed by atoms with E-state index in [1.807, 2.05) is 23.5 Å². The van der Waals surface area contributed by atoms with Crippen molar-refractivity contribution < 1.29 is 4.74 Å². The Balaban J connectivity index is 0.923. The van der Waals surface area contributed by atoms with Gasteiger partial charge in [0.15, 0.2) is 0 Å². The monoisotopic (exact) mass is 1560 g/mol. The Labute approximate surface area is 706 Å². The summed E-state index contributed by atoms with van der Waals surface area (Å²) in [6.45, 7) is 13.8. The zero-order valence-electron chi connectivity index (χ0n) is 67.1. The van der Waals surface area contributed by atoms with Crippen LogP contribution in [0.3, 0.4) is 0 Å². The van der Waals surface area contributed by atoms with Crippen molar-refractivity contribution in [2.75, 3.05) is 19.6 Å². The molecule has 5 aliphatic heterocycles. The fourth-order valence-corrected chi connectivity index (χ4v) is 21.3. The van der Waals surface area contributed by atoms with Gasteiger partial charge in [-0.05, 0) is 204 Å². The van der Waals surface area contributed by atoms with Gasteiger partial charge in [-0.15, -0.1) is 0 Å². The van der Waals surface area contributed by atoms with Crippen molar-refractivity contribution in [2.45, 2.75) is 77.4 Å². The van der Waals surface area contributed by atoms with Crippen molar-refractivity contribution in [3.05, 3.63) is 428 Å². The average Bonchev–Trinajstić information content (AvgIpc) is 0.684. The van der Waals surface area contributed by atoms with Crippen LogP contribution < -0.4 is 40.7 Å². The molecule has 119 heavy (non-hydrogen) atoms. The summed E-state index contributed by atoms with van der Waals surface area (Å²) >= 11 is 3.68. The van der Waals surface area contributed by atoms with E-state index in [9.17, 15) is 0 Å². The van der Waals surface area contributed by atoms with Crippen molar-refractivity contribution in [2.24, 2.45) is 0 Å². The number of fused-ring (bicyclic) bond motifs is 10. The van der Waals surface area contributed by atoms with E-state index in [-0.39, 0.29) is 17.5 Å². The molecule has 0 aliphatic carbocycles. The van der Waals surface area contributed by atoms with Crippen LogP contribution in [-0.2, 0) is 16.2 Å². The lowest BCUT2D eigenvalue weighted by Crippen LogP contribution is -2.61. The van der Waals surface area contributed by atoms with Crippen molar-refractivity contribution in [1.82, 2.24) is 0 Å². The molecule has 17 aromatic rings. The predicted molar refractivity (Wildman–Crippen MR) is 501 cm³/mol. The topological polar surface area (TPSA) is 22.2 Å². The summed E-state index contributed by atoms with van der Waals surface area (Å²) in [5, 5.41) is 0. The lowest BCUT2D eigenvalue weighted by molar-refractivity contribution is 0.434. The predicted octanol–water partition coefficient (Wildman–Crippen LogP) is 29.1. The van der Waals surface area contributed by atoms with E-state index >= 15 is 0 Å². The molecule has 0 saturated heterocycles. The lowest BCUT2D eigenvalue weighted by atomic mass is 9.33. The molecular formula is C111H83BN4OS2. The number of hydrogen-bond acceptors (Lipinski definition) is 7. The van der Waals surface area contributed by atoms with Gasteiger partial charge >= 0.3 is 0 Å². The van der Waals surface area contributed by atoms with E-state index < -0.39 is 5.41 Å². The number of hydrogen-bond donors (Lipinski definition) is 0. The van der Waals surface area contributed by atoms with E-state index in [1.165, 1.54) is 47.1 Å². The molecule has 0 N–H and O–H groups in total. The maximum atomic E-state index is 7.55. The van der Waals surface area contributed by atoms with E-state index in [4.69, 9.17) is 4.74 Å². The van der Waals surface area contributed by atoms with Crippen LogP contribution in [0.15, 0.2) is 414 Å². The van der Waals surface area contributed by atoms with Gasteiger partial charge in [-0.3, -0.25) is 0 Å². The van der Waals surface area contributed by atoms with Crippen LogP contribution >= 0.6 is 23.5 Å². The Bertz CT molecular complexity index is 6310. The molecule has 0 spiro atoms. The lowest BCUT2D eigenvalue weighted by Gasteiger charge is -2.47. The highest BCUT2D eigenvalue weighted by atomic mass is 32.2. The fourth-order valence-electron chi connectivity index (χ4n) is 19.2. The van der Waals surface area contributed by atoms with E-state index in [2.05, 4.69) is 455 Å². The highest BCUT2D eigenvalue weighted by Crippen LogP contribution is 2.61. The van der Waals surface area contributed by atoms with Gasteiger partial charge in [0.1, 0.15) is 11.5 Å². The van der Waals surface area contributed by atoms with Gasteiger partial charge in [-0.25, -0.2) is 0 Å². The maximum Gasteiger partial charge on any atom is 0.252 e. The highest BCUT2D eigenvalue weighted by Gasteiger charge is 2.49. The van der Waals surface area contributed by atoms with Crippen LogP contribution in [0.1, 0.15) is 74.9 Å². The van der Waals surface area contributed by atoms with Crippen LogP contribution in [0.4, 0.5) is 68.2 Å². The van der Waals surface area contributed by atoms with Crippen LogP contribution in [0.2, 0.25) is 0 Å². The van der Waals surface area contributed by atoms with Crippen molar-refractivity contribution in [3.63, 3.8) is 0 Å². The summed E-state index contributed by atoms with van der Waals surface area (Å²) < 4.78 is 7.55. The number of rotatable bonds is 11. The zero-order valence-corrected chi connectivity index (χ0v) is 68.8. The van der Waals surface area contributed by atoms with E-state index in [1.54, 1.807) is 0 Å². The number of para-hydroxylation sites is 5. The summed E-state index contributed by atoms with van der Waals surface area (Å²) in [7, 11) is 0. The molecular weight excluding hydrogens is 1480 g/mol. The SMILES string of the molecule is CC(C)(C)c1cc(-c2ccccc2)c(N2c3cc(N4c5ccccc5Sc5ccccc54)ccc3B3c4ccc(N5c6ccccc6Sc6ccccc65)cc4N(c4c(-c5ccccc5)cc(C(C)(C)C)cc4-c4ccccc4)c4cc(-c5ccc6c(c5)Oc5ccccc5C6(c5ccccc5)c5ccccc5)cc2c43)c(-c2ccccc2)c1. The maximum absolute atomic E-state index is 7.55. The summed E-state index contributed by atoms with van der Waals surface area (Å²) in [5.41, 5.74) is 33.5. The molecule has 8 heteroatoms. The first kappa shape index (κ1) is 72.0. The highest BCUT2D eigenvalue weighted by molar-refractivity contribution is 8.00. The standard InChI is InChI=1S/C111H83BN4OS2/c1-109(2,3)80-66-84(72-35-13-7-14-36-72)107(85(67-80)73-37-15-8-16-38-73)115-96-70-82(113-92-48-26-31-53-102(92)118-103-54-32-27-49-93(103)113)58-61-90(96)112-91-62-59-83(114-94-50-28-33-55-104(94)119-105-56-34-29-51-95(105)114)71-97(91)116(108-86(74-39-17-9-18-40-74)68-81(110(4,5)6)69-87(108)75-41-19-10-20-42-75)99-64-77(63-98(115)106(99)112)76-57-60-89-101(65-76)117-100-52-30-25-47-88(100)111(89,78-43-21-11-22-44-78)79-45-23-12-24-46-79/h7-71H,1-6H3. The van der Waals surface area contributed by atoms with Crippen LogP contribution in [0, 0.1) is 0 Å². The first-order chi connectivity index (χ1) is 58.3. The van der Waals surface area contributed by atoms with Gasteiger partial charge in [-0.2, -0.15) is 0 Å². The van der Waals surface area contributed by atoms with Crippen molar-refractivity contribution >= 4 is 115 Å². The Kier molecular flexibility index (Phi) is 17.2. The second kappa shape index (κ2) is 28.4. The van der Waals surface area contributed by atoms with Gasteiger partial charge in [0.05, 0.1) is 39.5 Å². The third-order valence-corrected chi connectivity index (χ3v) is 27.1. The van der Waals surface area contributed by atoms with Gasteiger partial charge in [-0.1, -0.05) is 338 Å². The molecule has 0 bridgehead atoms. The number of ether oxygens (including phenoxy) is 1. The van der Waals surface area contributed by atoms with Crippen molar-refractivity contribution in [1.29, 1.82) is 0 Å². The summed E-state index contributed by atoms with van der Waals surface area (Å²) in [6.07, 6.45) is 0. The molecule has 0 radical (unpaired) electrons. The Morgan fingerprint density at radius 3 is 0.975 bits per heavy atom. The normalized spacial score (nSPS) is 13.8. The molecule has 568 valence electrons. The summed E-state index contributed by atoms with van der Waals surface area (Å²) in [5.74, 6) is 1.62. The van der Waals surface area contributed by atoms with Gasteiger partial charge < -0.3 is 24.3 Å². The Morgan fingerprint density at radius 2 is 0.597 bits per heavy atom. The molecule has 0 unspecified atom stereocenters. The minimum Gasteiger partial charge on any atom is -0.457 e. The minimum absolute atomic E-state index is 0.251.